The van der Waals surface area contributed by atoms with Crippen LogP contribution in [0.15, 0.2) is 24.5 Å². The molecule has 36 heavy (non-hydrogen) atoms. The van der Waals surface area contributed by atoms with Crippen molar-refractivity contribution < 1.29 is 17.9 Å². The number of fused-ring (bicyclic) bond motifs is 1. The number of nitrogens with one attached hydrogen (secondary N) is 1. The summed E-state index contributed by atoms with van der Waals surface area (Å²) in [5.41, 5.74) is 6.06. The summed E-state index contributed by atoms with van der Waals surface area (Å²) < 4.78 is 47.7. The van der Waals surface area contributed by atoms with E-state index in [-0.39, 0.29) is 17.3 Å². The van der Waals surface area contributed by atoms with Crippen LogP contribution in [0.4, 0.5) is 24.9 Å². The molecule has 0 bridgehead atoms. The first-order chi connectivity index (χ1) is 17.3. The van der Waals surface area contributed by atoms with Gasteiger partial charge in [0, 0.05) is 54.6 Å². The van der Waals surface area contributed by atoms with Crippen molar-refractivity contribution in [2.75, 3.05) is 42.6 Å². The van der Waals surface area contributed by atoms with Crippen LogP contribution < -0.4 is 15.5 Å². The lowest BCUT2D eigenvalue weighted by atomic mass is 9.77. The van der Waals surface area contributed by atoms with Crippen LogP contribution in [0.1, 0.15) is 44.1 Å². The number of halogens is 3. The molecular formula is C25H30F3N7O. The van der Waals surface area contributed by atoms with Gasteiger partial charge in [-0.05, 0) is 50.7 Å². The Labute approximate surface area is 207 Å². The van der Waals surface area contributed by atoms with Gasteiger partial charge < -0.3 is 25.3 Å². The average Bonchev–Trinajstić information content (AvgIpc) is 3.47. The molecule has 8 nitrogen and oxygen atoms in total. The van der Waals surface area contributed by atoms with Crippen molar-refractivity contribution in [1.29, 1.82) is 0 Å². The number of morpholine rings is 1. The van der Waals surface area contributed by atoms with Crippen molar-refractivity contribution in [1.82, 2.24) is 19.9 Å². The van der Waals surface area contributed by atoms with Crippen LogP contribution in [-0.2, 0) is 10.9 Å². The lowest BCUT2D eigenvalue weighted by Gasteiger charge is -2.43. The maximum absolute atomic E-state index is 14.1. The number of rotatable bonds is 3. The summed E-state index contributed by atoms with van der Waals surface area (Å²) in [7, 11) is 0. The van der Waals surface area contributed by atoms with Crippen LogP contribution in [0.3, 0.4) is 0 Å². The molecule has 2 aliphatic heterocycles. The predicted octanol–water partition coefficient (Wildman–Crippen LogP) is 4.12. The smallest absolute Gasteiger partial charge is 0.378 e. The largest absolute Gasteiger partial charge is 0.419 e. The number of H-pyrrole nitrogens is 1. The highest BCUT2D eigenvalue weighted by atomic mass is 19.4. The van der Waals surface area contributed by atoms with E-state index in [1.54, 1.807) is 6.20 Å². The maximum Gasteiger partial charge on any atom is 0.419 e. The fraction of sp³-hybridized carbons (Fsp3) is 0.560. The molecule has 5 heterocycles. The molecule has 0 aromatic carbocycles. The number of hydrogen-bond acceptors (Lipinski definition) is 7. The highest BCUT2D eigenvalue weighted by Gasteiger charge is 2.45. The molecule has 2 atom stereocenters. The number of nitrogens with two attached hydrogens (primary N) is 1. The number of nitrogens with zero attached hydrogens (tertiary/aromatic N) is 5. The van der Waals surface area contributed by atoms with Crippen LogP contribution in [0.5, 0.6) is 0 Å². The van der Waals surface area contributed by atoms with Gasteiger partial charge in [-0.1, -0.05) is 0 Å². The zero-order valence-corrected chi connectivity index (χ0v) is 20.0. The molecule has 2 saturated heterocycles. The second-order valence-corrected chi connectivity index (χ2v) is 10.1. The lowest BCUT2D eigenvalue weighted by Crippen LogP contribution is -2.51. The molecule has 3 fully saturated rings. The minimum absolute atomic E-state index is 0.0913. The highest BCUT2D eigenvalue weighted by Crippen LogP contribution is 2.45. The molecule has 11 heteroatoms. The first kappa shape index (κ1) is 23.5. The minimum atomic E-state index is -4.59. The average molecular weight is 502 g/mol. The third-order valence-corrected chi connectivity index (χ3v) is 7.89. The monoisotopic (exact) mass is 501 g/mol. The van der Waals surface area contributed by atoms with Gasteiger partial charge in [-0.2, -0.15) is 13.2 Å². The summed E-state index contributed by atoms with van der Waals surface area (Å²) in [5.74, 6) is 1.11. The minimum Gasteiger partial charge on any atom is -0.378 e. The molecular weight excluding hydrogens is 471 g/mol. The van der Waals surface area contributed by atoms with Crippen molar-refractivity contribution in [3.05, 3.63) is 30.1 Å². The zero-order valence-electron chi connectivity index (χ0n) is 20.0. The zero-order chi connectivity index (χ0) is 24.9. The van der Waals surface area contributed by atoms with E-state index in [0.717, 1.165) is 70.2 Å². The van der Waals surface area contributed by atoms with E-state index in [2.05, 4.69) is 29.7 Å². The predicted molar refractivity (Wildman–Crippen MR) is 131 cm³/mol. The van der Waals surface area contributed by atoms with Crippen LogP contribution >= 0.6 is 0 Å². The molecule has 3 aromatic rings. The van der Waals surface area contributed by atoms with Gasteiger partial charge in [-0.3, -0.25) is 0 Å². The molecule has 1 saturated carbocycles. The number of anilines is 2. The number of ether oxygens (including phenoxy) is 1. The molecule has 3 N–H and O–H groups in total. The summed E-state index contributed by atoms with van der Waals surface area (Å²) in [6.45, 7) is 3.41. The third kappa shape index (κ3) is 4.07. The van der Waals surface area contributed by atoms with Crippen LogP contribution in [0.25, 0.3) is 22.3 Å². The number of hydrogen-bond donors (Lipinski definition) is 2. The number of aromatic nitrogens is 4. The fourth-order valence-electron chi connectivity index (χ4n) is 6.18. The van der Waals surface area contributed by atoms with E-state index in [1.165, 1.54) is 0 Å². The molecule has 0 radical (unpaired) electrons. The molecule has 6 rings (SSSR count). The highest BCUT2D eigenvalue weighted by molar-refractivity contribution is 5.94. The topological polar surface area (TPSA) is 96.2 Å². The van der Waals surface area contributed by atoms with Gasteiger partial charge in [0.1, 0.15) is 17.0 Å². The Kier molecular flexibility index (Phi) is 5.79. The van der Waals surface area contributed by atoms with Crippen LogP contribution in [-0.4, -0.2) is 64.4 Å². The van der Waals surface area contributed by atoms with Crippen molar-refractivity contribution >= 4 is 22.8 Å². The van der Waals surface area contributed by atoms with E-state index >= 15 is 0 Å². The Morgan fingerprint density at radius 3 is 2.67 bits per heavy atom. The maximum atomic E-state index is 14.1. The number of pyridine rings is 1. The van der Waals surface area contributed by atoms with E-state index in [1.807, 2.05) is 12.1 Å². The van der Waals surface area contributed by atoms with Gasteiger partial charge in [0.15, 0.2) is 0 Å². The Bertz CT molecular complexity index is 1260. The summed E-state index contributed by atoms with van der Waals surface area (Å²) in [5, 5.41) is 0.595. The van der Waals surface area contributed by atoms with Crippen LogP contribution in [0, 0.1) is 0 Å². The van der Waals surface area contributed by atoms with Gasteiger partial charge >= 0.3 is 6.18 Å². The molecule has 1 aliphatic carbocycles. The normalized spacial score (nSPS) is 25.3. The first-order valence-corrected chi connectivity index (χ1v) is 12.6. The Balaban J connectivity index is 1.42. The summed E-state index contributed by atoms with van der Waals surface area (Å²) in [4.78, 5) is 20.8. The van der Waals surface area contributed by atoms with E-state index in [0.29, 0.717) is 35.8 Å². The molecule has 192 valence electrons. The van der Waals surface area contributed by atoms with E-state index in [9.17, 15) is 13.2 Å². The SMILES string of the molecule is NC1CCCC2(CCCN2c2ncc(C(F)(F)F)c(-c3c[nH]c4nc(N5CCOCC5)ccc34)n2)C1. The van der Waals surface area contributed by atoms with Gasteiger partial charge in [-0.25, -0.2) is 15.0 Å². The Morgan fingerprint density at radius 1 is 1.08 bits per heavy atom. The number of aromatic amines is 1. The third-order valence-electron chi connectivity index (χ3n) is 7.89. The first-order valence-electron chi connectivity index (χ1n) is 12.6. The van der Waals surface area contributed by atoms with Crippen molar-refractivity contribution in [2.24, 2.45) is 5.73 Å². The molecule has 1 spiro atoms. The molecule has 3 aliphatic rings. The molecule has 0 amide bonds. The van der Waals surface area contributed by atoms with Gasteiger partial charge in [-0.15, -0.1) is 0 Å². The second-order valence-electron chi connectivity index (χ2n) is 10.1. The van der Waals surface area contributed by atoms with Gasteiger partial charge in [0.2, 0.25) is 5.95 Å². The van der Waals surface area contributed by atoms with E-state index in [4.69, 9.17) is 10.5 Å². The van der Waals surface area contributed by atoms with Crippen molar-refractivity contribution in [3.63, 3.8) is 0 Å². The number of alkyl halides is 3. The van der Waals surface area contributed by atoms with Gasteiger partial charge in [0.25, 0.3) is 0 Å². The van der Waals surface area contributed by atoms with Gasteiger partial charge in [0.05, 0.1) is 18.9 Å². The van der Waals surface area contributed by atoms with Crippen molar-refractivity contribution in [3.8, 4) is 11.3 Å². The molecule has 3 aromatic heterocycles. The summed E-state index contributed by atoms with van der Waals surface area (Å²) in [6, 6.07) is 3.76. The van der Waals surface area contributed by atoms with Crippen LogP contribution in [0.2, 0.25) is 0 Å². The molecule has 2 unspecified atom stereocenters. The Morgan fingerprint density at radius 2 is 1.89 bits per heavy atom. The second kappa shape index (κ2) is 8.88. The summed E-state index contributed by atoms with van der Waals surface area (Å²) in [6.07, 6.45) is 3.58. The van der Waals surface area contributed by atoms with E-state index < -0.39 is 11.7 Å². The fourth-order valence-corrected chi connectivity index (χ4v) is 6.18. The summed E-state index contributed by atoms with van der Waals surface area (Å²) >= 11 is 0. The lowest BCUT2D eigenvalue weighted by molar-refractivity contribution is -0.137. The Hall–Kier alpha value is -2.92. The van der Waals surface area contributed by atoms with Crippen molar-refractivity contribution in [2.45, 2.75) is 56.3 Å². The standard InChI is InChI=1S/C25H30F3N7O/c26-25(27,28)19-15-31-23(35-8-2-7-24(35)6-1-3-16(29)13-24)33-21(19)18-14-30-22-17(18)4-5-20(32-22)34-9-11-36-12-10-34/h4-5,14-16H,1-3,6-13,29H2,(H,30,32). The quantitative estimate of drug-likeness (QED) is 0.558.